The summed E-state index contributed by atoms with van der Waals surface area (Å²) < 4.78 is 36.9. The summed E-state index contributed by atoms with van der Waals surface area (Å²) in [5.74, 6) is 0. The predicted molar refractivity (Wildman–Crippen MR) is 112 cm³/mol. The smallest absolute Gasteiger partial charge is 0.297 e. The van der Waals surface area contributed by atoms with Gasteiger partial charge in [-0.15, -0.1) is 0 Å². The quantitative estimate of drug-likeness (QED) is 0.549. The van der Waals surface area contributed by atoms with Crippen LogP contribution in [0.1, 0.15) is 29.5 Å². The summed E-state index contributed by atoms with van der Waals surface area (Å²) >= 11 is 0. The zero-order valence-electron chi connectivity index (χ0n) is 16.3. The molecule has 1 unspecified atom stereocenters. The molecule has 1 aliphatic heterocycles. The second-order valence-corrected chi connectivity index (χ2v) is 9.00. The van der Waals surface area contributed by atoms with Crippen molar-refractivity contribution in [2.45, 2.75) is 36.4 Å². The summed E-state index contributed by atoms with van der Waals surface area (Å²) in [7, 11) is -3.81. The molecule has 1 aliphatic rings. The van der Waals surface area contributed by atoms with Crippen molar-refractivity contribution in [3.63, 3.8) is 0 Å². The van der Waals surface area contributed by atoms with Gasteiger partial charge in [-0.2, -0.15) is 8.42 Å². The van der Waals surface area contributed by atoms with Gasteiger partial charge in [0.25, 0.3) is 10.1 Å². The molecule has 1 atom stereocenters. The molecule has 0 spiro atoms. The first-order chi connectivity index (χ1) is 14.0. The largest absolute Gasteiger partial charge is 0.360 e. The maximum atomic E-state index is 12.5. The van der Waals surface area contributed by atoms with E-state index in [1.165, 1.54) is 0 Å². The second-order valence-electron chi connectivity index (χ2n) is 7.39. The van der Waals surface area contributed by atoms with Crippen LogP contribution in [0.15, 0.2) is 89.8 Å². The molecule has 150 valence electrons. The number of ether oxygens (including phenoxy) is 1. The molecule has 1 heterocycles. The Morgan fingerprint density at radius 3 is 2.00 bits per heavy atom. The van der Waals surface area contributed by atoms with Crippen LogP contribution >= 0.6 is 0 Å². The van der Waals surface area contributed by atoms with Crippen LogP contribution < -0.4 is 0 Å². The monoisotopic (exact) mass is 408 g/mol. The van der Waals surface area contributed by atoms with E-state index in [9.17, 15) is 8.42 Å². The molecule has 0 bridgehead atoms. The van der Waals surface area contributed by atoms with E-state index in [-0.39, 0.29) is 17.6 Å². The highest BCUT2D eigenvalue weighted by Gasteiger charge is 2.43. The fraction of sp³-hybridized carbons (Fsp3) is 0.250. The molecule has 0 aliphatic carbocycles. The molecule has 0 saturated carbocycles. The Bertz CT molecular complexity index is 1010. The Labute approximate surface area is 172 Å². The van der Waals surface area contributed by atoms with Crippen molar-refractivity contribution in [1.29, 1.82) is 0 Å². The van der Waals surface area contributed by atoms with E-state index in [4.69, 9.17) is 8.92 Å². The molecule has 3 aromatic rings. The van der Waals surface area contributed by atoms with E-state index in [1.54, 1.807) is 24.3 Å². The van der Waals surface area contributed by atoms with E-state index in [1.807, 2.05) is 43.3 Å². The highest BCUT2D eigenvalue weighted by Crippen LogP contribution is 2.44. The molecule has 0 radical (unpaired) electrons. The van der Waals surface area contributed by atoms with E-state index in [0.717, 1.165) is 23.1 Å². The Morgan fingerprint density at radius 1 is 0.897 bits per heavy atom. The lowest BCUT2D eigenvalue weighted by Gasteiger charge is -2.31. The minimum Gasteiger partial charge on any atom is -0.360 e. The lowest BCUT2D eigenvalue weighted by Crippen LogP contribution is -2.29. The van der Waals surface area contributed by atoms with Gasteiger partial charge in [-0.3, -0.25) is 4.18 Å². The van der Waals surface area contributed by atoms with Crippen LogP contribution in [0.2, 0.25) is 0 Å². The lowest BCUT2D eigenvalue weighted by molar-refractivity contribution is -0.0332. The highest BCUT2D eigenvalue weighted by atomic mass is 32.2. The molecule has 1 saturated heterocycles. The molecule has 0 N–H and O–H groups in total. The summed E-state index contributed by atoms with van der Waals surface area (Å²) in [6.45, 7) is 1.91. The second kappa shape index (κ2) is 8.11. The van der Waals surface area contributed by atoms with Gasteiger partial charge in [0.15, 0.2) is 0 Å². The summed E-state index contributed by atoms with van der Waals surface area (Å²) in [6, 6.07) is 26.8. The van der Waals surface area contributed by atoms with Gasteiger partial charge in [-0.25, -0.2) is 0 Å². The van der Waals surface area contributed by atoms with Crippen molar-refractivity contribution in [1.82, 2.24) is 0 Å². The van der Waals surface area contributed by atoms with Gasteiger partial charge in [-0.05, 0) is 43.0 Å². The Kier molecular flexibility index (Phi) is 5.54. The van der Waals surface area contributed by atoms with Crippen molar-refractivity contribution < 1.29 is 17.3 Å². The third kappa shape index (κ3) is 4.13. The average molecular weight is 409 g/mol. The number of aryl methyl sites for hydroxylation is 1. The Hall–Kier alpha value is -2.47. The van der Waals surface area contributed by atoms with Crippen molar-refractivity contribution in [2.24, 2.45) is 0 Å². The topological polar surface area (TPSA) is 52.6 Å². The minimum atomic E-state index is -3.81. The van der Waals surface area contributed by atoms with Gasteiger partial charge in [0, 0.05) is 0 Å². The van der Waals surface area contributed by atoms with Crippen LogP contribution in [0.25, 0.3) is 0 Å². The van der Waals surface area contributed by atoms with Crippen molar-refractivity contribution in [3.8, 4) is 0 Å². The standard InChI is InChI=1S/C24H24O4S/c1-19-12-14-23(15-13-19)29(25,26)27-18-22-16-17-24(28-22,20-8-4-2-5-9-20)21-10-6-3-7-11-21/h2-15,22H,16-18H2,1H3. The molecule has 3 aromatic carbocycles. The van der Waals surface area contributed by atoms with Crippen molar-refractivity contribution in [3.05, 3.63) is 102 Å². The number of benzene rings is 3. The fourth-order valence-electron chi connectivity index (χ4n) is 3.83. The summed E-state index contributed by atoms with van der Waals surface area (Å²) in [6.07, 6.45) is 1.17. The summed E-state index contributed by atoms with van der Waals surface area (Å²) in [5, 5.41) is 0. The first-order valence-electron chi connectivity index (χ1n) is 9.75. The lowest BCUT2D eigenvalue weighted by atomic mass is 9.84. The zero-order chi connectivity index (χ0) is 20.3. The highest BCUT2D eigenvalue weighted by molar-refractivity contribution is 7.86. The number of hydrogen-bond acceptors (Lipinski definition) is 4. The van der Waals surface area contributed by atoms with E-state index >= 15 is 0 Å². The van der Waals surface area contributed by atoms with Crippen LogP contribution in [-0.4, -0.2) is 21.1 Å². The molecule has 1 fully saturated rings. The molecule has 0 amide bonds. The zero-order valence-corrected chi connectivity index (χ0v) is 17.1. The van der Waals surface area contributed by atoms with Gasteiger partial charge < -0.3 is 4.74 Å². The average Bonchev–Trinajstić information content (AvgIpc) is 3.20. The normalized spacial score (nSPS) is 18.6. The molecule has 4 rings (SSSR count). The van der Waals surface area contributed by atoms with Crippen LogP contribution in [0.3, 0.4) is 0 Å². The molecule has 5 heteroatoms. The third-order valence-electron chi connectivity index (χ3n) is 5.39. The van der Waals surface area contributed by atoms with Crippen LogP contribution in [0.4, 0.5) is 0 Å². The van der Waals surface area contributed by atoms with Gasteiger partial charge in [0.1, 0.15) is 5.60 Å². The van der Waals surface area contributed by atoms with Gasteiger partial charge in [0.2, 0.25) is 0 Å². The fourth-order valence-corrected chi connectivity index (χ4v) is 4.77. The molecule has 0 aromatic heterocycles. The molecular formula is C24H24O4S. The SMILES string of the molecule is Cc1ccc(S(=O)(=O)OCC2CCC(c3ccccc3)(c3ccccc3)O2)cc1. The molecule has 4 nitrogen and oxygen atoms in total. The third-order valence-corrected chi connectivity index (χ3v) is 6.68. The Morgan fingerprint density at radius 2 is 1.45 bits per heavy atom. The van der Waals surface area contributed by atoms with Crippen LogP contribution in [-0.2, 0) is 24.6 Å². The number of hydrogen-bond donors (Lipinski definition) is 0. The maximum absolute atomic E-state index is 12.5. The molecule has 29 heavy (non-hydrogen) atoms. The number of rotatable bonds is 6. The van der Waals surface area contributed by atoms with Crippen LogP contribution in [0.5, 0.6) is 0 Å². The van der Waals surface area contributed by atoms with E-state index in [2.05, 4.69) is 24.3 Å². The van der Waals surface area contributed by atoms with E-state index in [0.29, 0.717) is 6.42 Å². The van der Waals surface area contributed by atoms with Gasteiger partial charge >= 0.3 is 0 Å². The van der Waals surface area contributed by atoms with Gasteiger partial charge in [0.05, 0.1) is 17.6 Å². The molecular weight excluding hydrogens is 384 g/mol. The van der Waals surface area contributed by atoms with E-state index < -0.39 is 15.7 Å². The maximum Gasteiger partial charge on any atom is 0.297 e. The predicted octanol–water partition coefficient (Wildman–Crippen LogP) is 4.82. The van der Waals surface area contributed by atoms with Crippen molar-refractivity contribution >= 4 is 10.1 Å². The first-order valence-corrected chi connectivity index (χ1v) is 11.2. The van der Waals surface area contributed by atoms with Crippen LogP contribution in [0, 0.1) is 6.92 Å². The summed E-state index contributed by atoms with van der Waals surface area (Å²) in [5.41, 5.74) is 2.54. The van der Waals surface area contributed by atoms with Crippen molar-refractivity contribution in [2.75, 3.05) is 6.61 Å². The summed E-state index contributed by atoms with van der Waals surface area (Å²) in [4.78, 5) is 0.165. The first kappa shape index (κ1) is 19.8. The van der Waals surface area contributed by atoms with Gasteiger partial charge in [-0.1, -0.05) is 78.4 Å². The Balaban J connectivity index is 1.54. The minimum absolute atomic E-state index is 0.00235.